The predicted octanol–water partition coefficient (Wildman–Crippen LogP) is 3.70. The Balaban J connectivity index is 2.02. The van der Waals surface area contributed by atoms with Gasteiger partial charge in [-0.1, -0.05) is 45.0 Å². The summed E-state index contributed by atoms with van der Waals surface area (Å²) < 4.78 is 10.5. The number of benzene rings is 2. The molecule has 0 aliphatic rings. The number of rotatable bonds is 8. The van der Waals surface area contributed by atoms with Crippen LogP contribution in [0.1, 0.15) is 44.4 Å². The lowest BCUT2D eigenvalue weighted by Gasteiger charge is -2.22. The minimum absolute atomic E-state index is 0.00369. The molecule has 0 spiro atoms. The summed E-state index contributed by atoms with van der Waals surface area (Å²) in [6, 6.07) is 13.9. The molecule has 2 aromatic rings. The van der Waals surface area contributed by atoms with E-state index in [-0.39, 0.29) is 24.3 Å². The maximum Gasteiger partial charge on any atom is 0.305 e. The van der Waals surface area contributed by atoms with Crippen LogP contribution in [0.2, 0.25) is 0 Å². The van der Waals surface area contributed by atoms with Crippen molar-refractivity contribution in [2.75, 3.05) is 13.7 Å². The molecule has 0 saturated carbocycles. The summed E-state index contributed by atoms with van der Waals surface area (Å²) in [5, 5.41) is 12.0. The maximum absolute atomic E-state index is 12.3. The molecule has 0 aliphatic carbocycles. The summed E-state index contributed by atoms with van der Waals surface area (Å²) in [5.41, 5.74) is 1.88. The highest BCUT2D eigenvalue weighted by atomic mass is 16.5. The number of aliphatic carboxylic acids is 1. The van der Waals surface area contributed by atoms with E-state index >= 15 is 0 Å². The average Bonchev–Trinajstić information content (AvgIpc) is 2.65. The van der Waals surface area contributed by atoms with Gasteiger partial charge in [0, 0.05) is 0 Å². The monoisotopic (exact) mass is 385 g/mol. The third-order valence-electron chi connectivity index (χ3n) is 4.32. The fourth-order valence-corrected chi connectivity index (χ4v) is 2.70. The molecule has 6 heteroatoms. The molecule has 0 aliphatic heterocycles. The van der Waals surface area contributed by atoms with Crippen LogP contribution in [0.25, 0.3) is 0 Å². The number of carboxylic acids is 1. The third-order valence-corrected chi connectivity index (χ3v) is 4.32. The van der Waals surface area contributed by atoms with E-state index in [4.69, 9.17) is 9.47 Å². The number of nitrogens with one attached hydrogen (secondary N) is 1. The number of carbonyl (C=O) groups is 2. The molecule has 0 heterocycles. The Hall–Kier alpha value is -3.02. The molecular weight excluding hydrogens is 358 g/mol. The molecule has 0 bridgehead atoms. The van der Waals surface area contributed by atoms with E-state index in [0.717, 1.165) is 11.1 Å². The second kappa shape index (κ2) is 9.26. The fraction of sp³-hybridized carbons (Fsp3) is 0.364. The van der Waals surface area contributed by atoms with Gasteiger partial charge in [-0.05, 0) is 40.8 Å². The van der Waals surface area contributed by atoms with E-state index in [0.29, 0.717) is 11.5 Å². The van der Waals surface area contributed by atoms with Gasteiger partial charge in [-0.3, -0.25) is 9.59 Å². The van der Waals surface area contributed by atoms with E-state index in [1.54, 1.807) is 31.4 Å². The summed E-state index contributed by atoms with van der Waals surface area (Å²) >= 11 is 0. The lowest BCUT2D eigenvalue weighted by atomic mass is 9.86. The molecule has 0 radical (unpaired) electrons. The topological polar surface area (TPSA) is 84.9 Å². The molecule has 0 saturated heterocycles. The first-order chi connectivity index (χ1) is 13.2. The number of hydrogen-bond acceptors (Lipinski definition) is 4. The van der Waals surface area contributed by atoms with Crippen molar-refractivity contribution < 1.29 is 24.2 Å². The van der Waals surface area contributed by atoms with Crippen molar-refractivity contribution in [2.24, 2.45) is 0 Å². The second-order valence-electron chi connectivity index (χ2n) is 7.55. The minimum atomic E-state index is -0.985. The van der Waals surface area contributed by atoms with Crippen molar-refractivity contribution in [3.63, 3.8) is 0 Å². The van der Waals surface area contributed by atoms with Crippen molar-refractivity contribution in [2.45, 2.75) is 38.6 Å². The first-order valence-corrected chi connectivity index (χ1v) is 9.07. The quantitative estimate of drug-likeness (QED) is 0.724. The Morgan fingerprint density at radius 2 is 1.57 bits per heavy atom. The van der Waals surface area contributed by atoms with Gasteiger partial charge in [0.1, 0.15) is 11.5 Å². The number of carbonyl (C=O) groups excluding carboxylic acids is 1. The number of ether oxygens (including phenoxy) is 2. The highest BCUT2D eigenvalue weighted by molar-refractivity contribution is 5.79. The van der Waals surface area contributed by atoms with Gasteiger partial charge in [0.25, 0.3) is 5.91 Å². The van der Waals surface area contributed by atoms with Crippen molar-refractivity contribution in [1.82, 2.24) is 5.32 Å². The normalized spacial score (nSPS) is 12.1. The van der Waals surface area contributed by atoms with Gasteiger partial charge >= 0.3 is 5.97 Å². The zero-order valence-corrected chi connectivity index (χ0v) is 16.7. The Kier molecular flexibility index (Phi) is 7.04. The smallest absolute Gasteiger partial charge is 0.305 e. The SMILES string of the molecule is COc1ccc(OCC(=O)N[C@@H](CC(=O)O)c2ccc(C(C)(C)C)cc2)cc1. The summed E-state index contributed by atoms with van der Waals surface area (Å²) in [4.78, 5) is 23.5. The van der Waals surface area contributed by atoms with Gasteiger partial charge in [0.05, 0.1) is 19.6 Å². The van der Waals surface area contributed by atoms with E-state index < -0.39 is 12.0 Å². The Bertz CT molecular complexity index is 791. The summed E-state index contributed by atoms with van der Waals surface area (Å²) in [6.07, 6.45) is -0.205. The van der Waals surface area contributed by atoms with Crippen molar-refractivity contribution in [3.05, 3.63) is 59.7 Å². The van der Waals surface area contributed by atoms with Crippen LogP contribution in [0, 0.1) is 0 Å². The van der Waals surface area contributed by atoms with Gasteiger partial charge in [-0.25, -0.2) is 0 Å². The lowest BCUT2D eigenvalue weighted by molar-refractivity contribution is -0.137. The largest absolute Gasteiger partial charge is 0.497 e. The van der Waals surface area contributed by atoms with Crippen LogP contribution in [0.5, 0.6) is 11.5 Å². The molecule has 2 rings (SSSR count). The van der Waals surface area contributed by atoms with E-state index in [1.165, 1.54) is 0 Å². The molecule has 0 unspecified atom stereocenters. The highest BCUT2D eigenvalue weighted by Gasteiger charge is 2.20. The first kappa shape index (κ1) is 21.3. The molecule has 0 aromatic heterocycles. The van der Waals surface area contributed by atoms with Crippen LogP contribution < -0.4 is 14.8 Å². The highest BCUT2D eigenvalue weighted by Crippen LogP contribution is 2.25. The summed E-state index contributed by atoms with van der Waals surface area (Å²) in [7, 11) is 1.57. The fourth-order valence-electron chi connectivity index (χ4n) is 2.70. The zero-order chi connectivity index (χ0) is 20.7. The molecule has 2 aromatic carbocycles. The number of carboxylic acid groups (broad SMARTS) is 1. The van der Waals surface area contributed by atoms with Crippen molar-refractivity contribution in [1.29, 1.82) is 0 Å². The molecule has 1 atom stereocenters. The molecule has 150 valence electrons. The Morgan fingerprint density at radius 3 is 2.07 bits per heavy atom. The molecule has 2 N–H and O–H groups in total. The van der Waals surface area contributed by atoms with Crippen LogP contribution in [0.15, 0.2) is 48.5 Å². The van der Waals surface area contributed by atoms with Crippen LogP contribution in [-0.2, 0) is 15.0 Å². The molecular formula is C22H27NO5. The first-order valence-electron chi connectivity index (χ1n) is 9.07. The number of hydrogen-bond donors (Lipinski definition) is 2. The molecule has 1 amide bonds. The zero-order valence-electron chi connectivity index (χ0n) is 16.7. The maximum atomic E-state index is 12.3. The number of amides is 1. The van der Waals surface area contributed by atoms with E-state index in [1.807, 2.05) is 24.3 Å². The lowest BCUT2D eigenvalue weighted by Crippen LogP contribution is -2.34. The summed E-state index contributed by atoms with van der Waals surface area (Å²) in [6.45, 7) is 6.11. The van der Waals surface area contributed by atoms with Gasteiger partial charge < -0.3 is 19.9 Å². The minimum Gasteiger partial charge on any atom is -0.497 e. The average molecular weight is 385 g/mol. The second-order valence-corrected chi connectivity index (χ2v) is 7.55. The standard InChI is InChI=1S/C22H27NO5/c1-22(2,3)16-7-5-15(6-8-16)19(13-21(25)26)23-20(24)14-28-18-11-9-17(27-4)10-12-18/h5-12,19H,13-14H2,1-4H3,(H,23,24)(H,25,26)/t19-/m0/s1. The van der Waals surface area contributed by atoms with Crippen LogP contribution in [0.4, 0.5) is 0 Å². The van der Waals surface area contributed by atoms with Crippen LogP contribution in [0.3, 0.4) is 0 Å². The van der Waals surface area contributed by atoms with Crippen molar-refractivity contribution >= 4 is 11.9 Å². The molecule has 6 nitrogen and oxygen atoms in total. The van der Waals surface area contributed by atoms with Crippen LogP contribution >= 0.6 is 0 Å². The van der Waals surface area contributed by atoms with Gasteiger partial charge in [0.15, 0.2) is 6.61 Å². The van der Waals surface area contributed by atoms with Gasteiger partial charge in [-0.2, -0.15) is 0 Å². The van der Waals surface area contributed by atoms with Crippen molar-refractivity contribution in [3.8, 4) is 11.5 Å². The number of methoxy groups -OCH3 is 1. The predicted molar refractivity (Wildman–Crippen MR) is 107 cm³/mol. The van der Waals surface area contributed by atoms with Crippen LogP contribution in [-0.4, -0.2) is 30.7 Å². The van der Waals surface area contributed by atoms with Gasteiger partial charge in [0.2, 0.25) is 0 Å². The molecule has 28 heavy (non-hydrogen) atoms. The van der Waals surface area contributed by atoms with E-state index in [9.17, 15) is 14.7 Å². The summed E-state index contributed by atoms with van der Waals surface area (Å²) in [5.74, 6) is -0.152. The van der Waals surface area contributed by atoms with E-state index in [2.05, 4.69) is 26.1 Å². The van der Waals surface area contributed by atoms with Gasteiger partial charge in [-0.15, -0.1) is 0 Å². The third kappa shape index (κ3) is 6.30. The molecule has 0 fully saturated rings. The Morgan fingerprint density at radius 1 is 1.00 bits per heavy atom. The Labute approximate surface area is 165 Å².